The molecule has 0 amide bonds. The van der Waals surface area contributed by atoms with E-state index in [2.05, 4.69) is 40.8 Å². The zero-order valence-electron chi connectivity index (χ0n) is 7.82. The van der Waals surface area contributed by atoms with Gasteiger partial charge in [-0.1, -0.05) is 11.6 Å². The summed E-state index contributed by atoms with van der Waals surface area (Å²) in [4.78, 5) is 4.63. The third-order valence-corrected chi connectivity index (χ3v) is 4.32. The monoisotopic (exact) mass is 337 g/mol. The number of nitrogens with one attached hydrogen (secondary N) is 1. The van der Waals surface area contributed by atoms with Crippen molar-refractivity contribution >= 4 is 56.9 Å². The summed E-state index contributed by atoms with van der Waals surface area (Å²) < 4.78 is 1.21. The summed E-state index contributed by atoms with van der Waals surface area (Å²) in [6, 6.07) is 3.99. The molecule has 14 heavy (non-hydrogen) atoms. The van der Waals surface area contributed by atoms with Crippen LogP contribution in [0.25, 0.3) is 10.9 Å². The van der Waals surface area contributed by atoms with Crippen LogP contribution in [0.15, 0.2) is 17.0 Å². The van der Waals surface area contributed by atoms with E-state index in [9.17, 15) is 0 Å². The topological polar surface area (TPSA) is 15.8 Å². The van der Waals surface area contributed by atoms with Crippen LogP contribution in [0.5, 0.6) is 0 Å². The minimum absolute atomic E-state index is 0.828. The molecule has 0 spiro atoms. The molecule has 2 rings (SSSR count). The minimum atomic E-state index is 0.828. The molecule has 74 valence electrons. The van der Waals surface area contributed by atoms with E-state index in [-0.39, 0.29) is 0 Å². The van der Waals surface area contributed by atoms with Gasteiger partial charge in [0, 0.05) is 19.5 Å². The predicted octanol–water partition coefficient (Wildman–Crippen LogP) is 4.46. The Morgan fingerprint density at radius 3 is 2.79 bits per heavy atom. The number of aromatic nitrogens is 1. The van der Waals surface area contributed by atoms with E-state index in [1.807, 2.05) is 12.1 Å². The molecule has 1 heterocycles. The third kappa shape index (κ3) is 1.55. The summed E-state index contributed by atoms with van der Waals surface area (Å²) in [5, 5.41) is 1.98. The maximum Gasteiger partial charge on any atom is 0.0618 e. The molecule has 0 saturated heterocycles. The van der Waals surface area contributed by atoms with Crippen LogP contribution in [-0.2, 0) is 0 Å². The Hall–Kier alpha value is 0.130. The molecule has 1 nitrogen and oxygen atoms in total. The first-order valence-corrected chi connectivity index (χ1v) is 6.83. The number of H-pyrrole nitrogens is 1. The third-order valence-electron chi connectivity index (χ3n) is 2.19. The van der Waals surface area contributed by atoms with Gasteiger partial charge in [0.2, 0.25) is 0 Å². The van der Waals surface area contributed by atoms with Crippen LogP contribution in [0.2, 0.25) is 5.02 Å². The summed E-state index contributed by atoms with van der Waals surface area (Å²) in [6.07, 6.45) is 2.08. The van der Waals surface area contributed by atoms with Crippen molar-refractivity contribution < 1.29 is 0 Å². The van der Waals surface area contributed by atoms with Crippen LogP contribution < -0.4 is 0 Å². The van der Waals surface area contributed by atoms with E-state index in [1.165, 1.54) is 14.2 Å². The fraction of sp³-hybridized carbons (Fsp3) is 0.200. The van der Waals surface area contributed by atoms with Crippen LogP contribution in [0.4, 0.5) is 0 Å². The zero-order chi connectivity index (χ0) is 10.3. The number of aromatic amines is 1. The van der Waals surface area contributed by atoms with E-state index in [0.717, 1.165) is 15.9 Å². The Labute approximate surface area is 106 Å². The largest absolute Gasteiger partial charge is 0.357 e. The van der Waals surface area contributed by atoms with Gasteiger partial charge in [-0.2, -0.15) is 0 Å². The highest BCUT2D eigenvalue weighted by molar-refractivity contribution is 14.1. The molecule has 0 aliphatic rings. The van der Waals surface area contributed by atoms with Crippen LogP contribution in [0.1, 0.15) is 5.69 Å². The highest BCUT2D eigenvalue weighted by Crippen LogP contribution is 2.36. The number of benzene rings is 1. The van der Waals surface area contributed by atoms with E-state index in [4.69, 9.17) is 11.6 Å². The van der Waals surface area contributed by atoms with Crippen molar-refractivity contribution in [1.29, 1.82) is 0 Å². The molecule has 1 N–H and O–H groups in total. The standard InChI is InChI=1S/C10H9ClINS/c1-5-10(14-2)8-6(11)3-4-7(12)9(8)13-5/h3-4,13H,1-2H3. The molecule has 0 bridgehead atoms. The molecular formula is C10H9ClINS. The van der Waals surface area contributed by atoms with Gasteiger partial charge in [-0.25, -0.2) is 0 Å². The second-order valence-electron chi connectivity index (χ2n) is 3.06. The van der Waals surface area contributed by atoms with Crippen molar-refractivity contribution in [3.63, 3.8) is 0 Å². The summed E-state index contributed by atoms with van der Waals surface area (Å²) >= 11 is 10.2. The van der Waals surface area contributed by atoms with Crippen molar-refractivity contribution in [2.24, 2.45) is 0 Å². The van der Waals surface area contributed by atoms with Crippen LogP contribution in [0, 0.1) is 10.5 Å². The van der Waals surface area contributed by atoms with E-state index >= 15 is 0 Å². The number of aryl methyl sites for hydroxylation is 1. The molecule has 1 aromatic carbocycles. The van der Waals surface area contributed by atoms with Gasteiger partial charge < -0.3 is 4.98 Å². The smallest absolute Gasteiger partial charge is 0.0618 e. The normalized spacial score (nSPS) is 11.1. The van der Waals surface area contributed by atoms with Gasteiger partial charge in [-0.3, -0.25) is 0 Å². The first-order chi connectivity index (χ1) is 6.65. The lowest BCUT2D eigenvalue weighted by atomic mass is 10.2. The number of thioether (sulfide) groups is 1. The molecule has 0 saturated carbocycles. The Kier molecular flexibility index (Phi) is 3.00. The first-order valence-electron chi connectivity index (χ1n) is 4.15. The van der Waals surface area contributed by atoms with Gasteiger partial charge in [0.05, 0.1) is 10.5 Å². The molecule has 0 unspecified atom stereocenters. The fourth-order valence-corrected chi connectivity index (χ4v) is 3.25. The molecule has 1 aromatic heterocycles. The molecule has 2 aromatic rings. The average Bonchev–Trinajstić information content (AvgIpc) is 2.50. The summed E-state index contributed by atoms with van der Waals surface area (Å²) in [6.45, 7) is 2.08. The average molecular weight is 338 g/mol. The Morgan fingerprint density at radius 2 is 2.14 bits per heavy atom. The maximum absolute atomic E-state index is 6.19. The van der Waals surface area contributed by atoms with Crippen molar-refractivity contribution in [3.8, 4) is 0 Å². The van der Waals surface area contributed by atoms with Gasteiger partial charge in [0.15, 0.2) is 0 Å². The van der Waals surface area contributed by atoms with Crippen molar-refractivity contribution in [1.82, 2.24) is 4.98 Å². The number of hydrogen-bond acceptors (Lipinski definition) is 1. The first kappa shape index (κ1) is 10.6. The second-order valence-corrected chi connectivity index (χ2v) is 5.45. The molecule has 0 aliphatic heterocycles. The van der Waals surface area contributed by atoms with Crippen LogP contribution in [-0.4, -0.2) is 11.2 Å². The van der Waals surface area contributed by atoms with E-state index in [0.29, 0.717) is 0 Å². The van der Waals surface area contributed by atoms with Gasteiger partial charge >= 0.3 is 0 Å². The highest BCUT2D eigenvalue weighted by atomic mass is 127. The quantitative estimate of drug-likeness (QED) is 0.600. The molecule has 0 fully saturated rings. The lowest BCUT2D eigenvalue weighted by Gasteiger charge is -1.99. The summed E-state index contributed by atoms with van der Waals surface area (Å²) in [7, 11) is 0. The minimum Gasteiger partial charge on any atom is -0.357 e. The SMILES string of the molecule is CSc1c(C)[nH]c2c(I)ccc(Cl)c12. The molecule has 0 atom stereocenters. The summed E-state index contributed by atoms with van der Waals surface area (Å²) in [5.41, 5.74) is 2.35. The number of rotatable bonds is 1. The number of fused-ring (bicyclic) bond motifs is 1. The molecule has 4 heteroatoms. The van der Waals surface area contributed by atoms with Gasteiger partial charge in [0.1, 0.15) is 0 Å². The lowest BCUT2D eigenvalue weighted by molar-refractivity contribution is 1.23. The van der Waals surface area contributed by atoms with Crippen LogP contribution >= 0.6 is 46.0 Å². The van der Waals surface area contributed by atoms with Gasteiger partial charge in [0.25, 0.3) is 0 Å². The maximum atomic E-state index is 6.19. The molecule has 0 radical (unpaired) electrons. The predicted molar refractivity (Wildman–Crippen MR) is 72.5 cm³/mol. The Bertz CT molecular complexity index is 492. The summed E-state index contributed by atoms with van der Waals surface area (Å²) in [5.74, 6) is 0. The lowest BCUT2D eigenvalue weighted by Crippen LogP contribution is -1.76. The highest BCUT2D eigenvalue weighted by Gasteiger charge is 2.12. The fourth-order valence-electron chi connectivity index (χ4n) is 1.58. The van der Waals surface area contributed by atoms with Gasteiger partial charge in [-0.05, 0) is 47.9 Å². The molecule has 0 aliphatic carbocycles. The number of hydrogen-bond donors (Lipinski definition) is 1. The van der Waals surface area contributed by atoms with Crippen molar-refractivity contribution in [2.45, 2.75) is 11.8 Å². The van der Waals surface area contributed by atoms with E-state index < -0.39 is 0 Å². The van der Waals surface area contributed by atoms with E-state index in [1.54, 1.807) is 11.8 Å². The second kappa shape index (κ2) is 3.94. The zero-order valence-corrected chi connectivity index (χ0v) is 11.5. The Morgan fingerprint density at radius 1 is 1.43 bits per heavy atom. The molecular weight excluding hydrogens is 329 g/mol. The number of halogens is 2. The van der Waals surface area contributed by atoms with Crippen molar-refractivity contribution in [3.05, 3.63) is 26.4 Å². The Balaban J connectivity index is 2.93. The van der Waals surface area contributed by atoms with Crippen LogP contribution in [0.3, 0.4) is 0 Å². The van der Waals surface area contributed by atoms with Crippen molar-refractivity contribution in [2.75, 3.05) is 6.26 Å². The van der Waals surface area contributed by atoms with Gasteiger partial charge in [-0.15, -0.1) is 11.8 Å².